The number of thiazole rings is 1. The normalized spacial score (nSPS) is 10.6. The third-order valence-electron chi connectivity index (χ3n) is 4.23. The van der Waals surface area contributed by atoms with E-state index in [1.807, 2.05) is 6.07 Å². The van der Waals surface area contributed by atoms with Gasteiger partial charge in [0.1, 0.15) is 12.1 Å². The van der Waals surface area contributed by atoms with Crippen molar-refractivity contribution in [3.8, 4) is 5.75 Å². The summed E-state index contributed by atoms with van der Waals surface area (Å²) < 4.78 is 6.86. The van der Waals surface area contributed by atoms with Gasteiger partial charge in [-0.05, 0) is 42.5 Å². The van der Waals surface area contributed by atoms with E-state index in [-0.39, 0.29) is 11.6 Å². The predicted octanol–water partition coefficient (Wildman–Crippen LogP) is 4.27. The Labute approximate surface area is 193 Å². The molecule has 4 aromatic rings. The van der Waals surface area contributed by atoms with Crippen LogP contribution >= 0.6 is 27.3 Å². The summed E-state index contributed by atoms with van der Waals surface area (Å²) >= 11 is 4.58. The standard InChI is InChI=1S/C19H14BrN7O4S/c1-31-12-6-7-13-14(8-12)32-19(23-13)24-16-15(27(29)30)17(22-9-21-16)25-26-18(28)10-2-4-11(20)5-3-10/h2-9H,1H3,(H,26,28)(H2,21,22,23,24,25). The Morgan fingerprint density at radius 1 is 1.16 bits per heavy atom. The van der Waals surface area contributed by atoms with Gasteiger partial charge in [-0.1, -0.05) is 27.3 Å². The molecule has 2 aromatic heterocycles. The van der Waals surface area contributed by atoms with Gasteiger partial charge in [-0.2, -0.15) is 0 Å². The van der Waals surface area contributed by atoms with Crippen LogP contribution < -0.4 is 20.9 Å². The summed E-state index contributed by atoms with van der Waals surface area (Å²) in [5.74, 6) is -0.0640. The second-order valence-corrected chi connectivity index (χ2v) is 8.19. The van der Waals surface area contributed by atoms with E-state index in [1.54, 1.807) is 43.5 Å². The number of fused-ring (bicyclic) bond motifs is 1. The average Bonchev–Trinajstić information content (AvgIpc) is 3.19. The lowest BCUT2D eigenvalue weighted by molar-refractivity contribution is -0.383. The van der Waals surface area contributed by atoms with Gasteiger partial charge in [0.25, 0.3) is 5.91 Å². The number of hydrogen-bond donors (Lipinski definition) is 3. The van der Waals surface area contributed by atoms with Crippen LogP contribution in [0.1, 0.15) is 10.4 Å². The molecule has 4 rings (SSSR count). The zero-order valence-electron chi connectivity index (χ0n) is 16.3. The fraction of sp³-hybridized carbons (Fsp3) is 0.0526. The van der Waals surface area contributed by atoms with Crippen LogP contribution in [0.3, 0.4) is 0 Å². The topological polar surface area (TPSA) is 144 Å². The summed E-state index contributed by atoms with van der Waals surface area (Å²) in [7, 11) is 1.57. The molecule has 0 aliphatic rings. The Hall–Kier alpha value is -3.84. The molecule has 0 unspecified atom stereocenters. The molecule has 0 fully saturated rings. The predicted molar refractivity (Wildman–Crippen MR) is 123 cm³/mol. The van der Waals surface area contributed by atoms with E-state index in [2.05, 4.69) is 47.1 Å². The molecule has 2 heterocycles. The van der Waals surface area contributed by atoms with E-state index in [0.717, 1.165) is 15.5 Å². The molecule has 0 spiro atoms. The van der Waals surface area contributed by atoms with Crippen LogP contribution in [0.4, 0.5) is 22.5 Å². The molecule has 0 aliphatic carbocycles. The van der Waals surface area contributed by atoms with Crippen molar-refractivity contribution < 1.29 is 14.5 Å². The molecule has 2 aromatic carbocycles. The fourth-order valence-electron chi connectivity index (χ4n) is 2.71. The summed E-state index contributed by atoms with van der Waals surface area (Å²) in [6, 6.07) is 12.0. The highest BCUT2D eigenvalue weighted by Crippen LogP contribution is 2.34. The summed E-state index contributed by atoms with van der Waals surface area (Å²) in [6.07, 6.45) is 1.14. The molecule has 162 valence electrons. The zero-order chi connectivity index (χ0) is 22.7. The minimum Gasteiger partial charge on any atom is -0.497 e. The molecule has 0 aliphatic heterocycles. The first-order chi connectivity index (χ1) is 15.4. The molecule has 0 saturated heterocycles. The first-order valence-corrected chi connectivity index (χ1v) is 10.6. The van der Waals surface area contributed by atoms with Crippen LogP contribution in [-0.4, -0.2) is 32.9 Å². The molecule has 11 nitrogen and oxygen atoms in total. The Morgan fingerprint density at radius 3 is 2.62 bits per heavy atom. The SMILES string of the molecule is COc1ccc2nc(Nc3ncnc(NNC(=O)c4ccc(Br)cc4)c3[N+](=O)[O-])sc2c1. The maximum atomic E-state index is 12.3. The number of amides is 1. The largest absolute Gasteiger partial charge is 0.497 e. The average molecular weight is 516 g/mol. The van der Waals surface area contributed by atoms with Crippen LogP contribution in [0.15, 0.2) is 53.3 Å². The highest BCUT2D eigenvalue weighted by molar-refractivity contribution is 9.10. The van der Waals surface area contributed by atoms with E-state index >= 15 is 0 Å². The number of benzene rings is 2. The summed E-state index contributed by atoms with van der Waals surface area (Å²) in [6.45, 7) is 0. The van der Waals surface area contributed by atoms with Crippen molar-refractivity contribution >= 4 is 65.8 Å². The third kappa shape index (κ3) is 4.58. The van der Waals surface area contributed by atoms with Crippen molar-refractivity contribution in [3.63, 3.8) is 0 Å². The number of hydrazine groups is 1. The molecule has 1 amide bonds. The summed E-state index contributed by atoms with van der Waals surface area (Å²) in [5, 5.41) is 15.0. The van der Waals surface area contributed by atoms with Gasteiger partial charge in [0.05, 0.1) is 22.2 Å². The number of hydrogen-bond acceptors (Lipinski definition) is 10. The highest BCUT2D eigenvalue weighted by Gasteiger charge is 2.24. The first kappa shape index (κ1) is 21.4. The number of ether oxygens (including phenoxy) is 1. The van der Waals surface area contributed by atoms with Gasteiger partial charge in [-0.3, -0.25) is 25.8 Å². The van der Waals surface area contributed by atoms with E-state index in [1.165, 1.54) is 11.3 Å². The van der Waals surface area contributed by atoms with Crippen LogP contribution in [0.25, 0.3) is 10.2 Å². The van der Waals surface area contributed by atoms with Gasteiger partial charge >= 0.3 is 5.69 Å². The maximum absolute atomic E-state index is 12.3. The maximum Gasteiger partial charge on any atom is 0.355 e. The number of nitro groups is 1. The van der Waals surface area contributed by atoms with Crippen molar-refractivity contribution in [1.29, 1.82) is 0 Å². The molecular weight excluding hydrogens is 502 g/mol. The Bertz CT molecular complexity index is 1310. The van der Waals surface area contributed by atoms with Crippen molar-refractivity contribution in [2.45, 2.75) is 0 Å². The first-order valence-electron chi connectivity index (χ1n) is 8.97. The van der Waals surface area contributed by atoms with E-state index in [4.69, 9.17) is 4.74 Å². The van der Waals surface area contributed by atoms with Crippen LogP contribution in [0, 0.1) is 10.1 Å². The van der Waals surface area contributed by atoms with E-state index in [0.29, 0.717) is 22.0 Å². The van der Waals surface area contributed by atoms with Crippen LogP contribution in [0.2, 0.25) is 0 Å². The number of nitrogens with zero attached hydrogens (tertiary/aromatic N) is 4. The Kier molecular flexibility index (Phi) is 6.09. The monoisotopic (exact) mass is 515 g/mol. The number of rotatable bonds is 7. The number of halogens is 1. The van der Waals surface area contributed by atoms with Crippen molar-refractivity contribution in [1.82, 2.24) is 20.4 Å². The lowest BCUT2D eigenvalue weighted by Crippen LogP contribution is -2.30. The fourth-order valence-corrected chi connectivity index (χ4v) is 3.87. The summed E-state index contributed by atoms with van der Waals surface area (Å²) in [4.78, 5) is 35.7. The second-order valence-electron chi connectivity index (χ2n) is 6.24. The molecule has 0 atom stereocenters. The van der Waals surface area contributed by atoms with Crippen molar-refractivity contribution in [2.24, 2.45) is 0 Å². The van der Waals surface area contributed by atoms with Crippen molar-refractivity contribution in [2.75, 3.05) is 17.9 Å². The van der Waals surface area contributed by atoms with Gasteiger partial charge in [0.15, 0.2) is 5.13 Å². The second kappa shape index (κ2) is 9.11. The van der Waals surface area contributed by atoms with Gasteiger partial charge < -0.3 is 10.1 Å². The van der Waals surface area contributed by atoms with Gasteiger partial charge in [0, 0.05) is 10.0 Å². The van der Waals surface area contributed by atoms with Gasteiger partial charge in [-0.25, -0.2) is 15.0 Å². The molecule has 0 bridgehead atoms. The molecular formula is C19H14BrN7O4S. The number of nitrogens with one attached hydrogen (secondary N) is 3. The lowest BCUT2D eigenvalue weighted by atomic mass is 10.2. The third-order valence-corrected chi connectivity index (χ3v) is 5.69. The Balaban J connectivity index is 1.57. The van der Waals surface area contributed by atoms with Crippen LogP contribution in [-0.2, 0) is 0 Å². The number of carbonyl (C=O) groups excluding carboxylic acids is 1. The number of anilines is 3. The van der Waals surface area contributed by atoms with E-state index in [9.17, 15) is 14.9 Å². The number of methoxy groups -OCH3 is 1. The minimum absolute atomic E-state index is 0.0728. The Morgan fingerprint density at radius 2 is 1.91 bits per heavy atom. The molecule has 3 N–H and O–H groups in total. The molecule has 0 radical (unpaired) electrons. The highest BCUT2D eigenvalue weighted by atomic mass is 79.9. The van der Waals surface area contributed by atoms with Gasteiger partial charge in [0.2, 0.25) is 11.6 Å². The lowest BCUT2D eigenvalue weighted by Gasteiger charge is -2.10. The van der Waals surface area contributed by atoms with Gasteiger partial charge in [-0.15, -0.1) is 0 Å². The molecule has 0 saturated carbocycles. The van der Waals surface area contributed by atoms with E-state index < -0.39 is 16.5 Å². The smallest absolute Gasteiger partial charge is 0.355 e. The minimum atomic E-state index is -0.646. The van der Waals surface area contributed by atoms with Crippen molar-refractivity contribution in [3.05, 3.63) is 68.9 Å². The molecule has 32 heavy (non-hydrogen) atoms. The number of carbonyl (C=O) groups is 1. The summed E-state index contributed by atoms with van der Waals surface area (Å²) in [5.41, 5.74) is 5.52. The zero-order valence-corrected chi connectivity index (χ0v) is 18.7. The number of aromatic nitrogens is 3. The quantitative estimate of drug-likeness (QED) is 0.242. The van der Waals surface area contributed by atoms with Crippen LogP contribution in [0.5, 0.6) is 5.75 Å². The molecule has 13 heteroatoms.